The molecular formula is C12H15NO4. The third kappa shape index (κ3) is 3.21. The highest BCUT2D eigenvalue weighted by molar-refractivity contribution is 5.78. The van der Waals surface area contributed by atoms with Crippen molar-refractivity contribution in [3.05, 3.63) is 29.8 Å². The van der Waals surface area contributed by atoms with E-state index in [4.69, 9.17) is 10.2 Å². The number of nitrogens with zero attached hydrogens (tertiary/aromatic N) is 1. The molecule has 0 aromatic heterocycles. The highest BCUT2D eigenvalue weighted by Gasteiger charge is 2.25. The first-order valence-electron chi connectivity index (χ1n) is 5.33. The van der Waals surface area contributed by atoms with Crippen molar-refractivity contribution < 1.29 is 19.8 Å². The normalized spacial score (nSPS) is 11.8. The van der Waals surface area contributed by atoms with Crippen LogP contribution in [0.2, 0.25) is 0 Å². The first-order chi connectivity index (χ1) is 8.10. The topological polar surface area (TPSA) is 77.8 Å². The molecule has 1 atom stereocenters. The van der Waals surface area contributed by atoms with Crippen LogP contribution in [0.3, 0.4) is 0 Å². The maximum Gasteiger partial charge on any atom is 0.331 e. The summed E-state index contributed by atoms with van der Waals surface area (Å²) >= 11 is 0. The van der Waals surface area contributed by atoms with Gasteiger partial charge in [0.25, 0.3) is 0 Å². The molecule has 0 heterocycles. The molecule has 1 aromatic carbocycles. The fraction of sp³-hybridized carbons (Fsp3) is 0.333. The van der Waals surface area contributed by atoms with Gasteiger partial charge in [0, 0.05) is 6.54 Å². The zero-order chi connectivity index (χ0) is 12.8. The minimum absolute atomic E-state index is 0.0611. The fourth-order valence-corrected chi connectivity index (χ4v) is 1.63. The highest BCUT2D eigenvalue weighted by Crippen LogP contribution is 2.22. The molecule has 0 aliphatic heterocycles. The lowest BCUT2D eigenvalue weighted by Gasteiger charge is -2.24. The number of phenolic OH excluding ortho intramolecular Hbond substituents is 1. The van der Waals surface area contributed by atoms with Gasteiger partial charge in [0.1, 0.15) is 5.75 Å². The number of aliphatic carboxylic acids is 1. The number of benzene rings is 1. The number of phenols is 1. The summed E-state index contributed by atoms with van der Waals surface area (Å²) in [7, 11) is 0. The van der Waals surface area contributed by atoms with Crippen molar-refractivity contribution in [2.45, 2.75) is 19.4 Å². The van der Waals surface area contributed by atoms with Crippen LogP contribution in [0.5, 0.6) is 5.75 Å². The second-order valence-electron chi connectivity index (χ2n) is 3.68. The van der Waals surface area contributed by atoms with Crippen LogP contribution in [0.25, 0.3) is 0 Å². The Morgan fingerprint density at radius 2 is 2.00 bits per heavy atom. The molecule has 5 nitrogen and oxygen atoms in total. The van der Waals surface area contributed by atoms with Gasteiger partial charge in [-0.1, -0.05) is 19.1 Å². The summed E-state index contributed by atoms with van der Waals surface area (Å²) in [6.07, 6.45) is 1.22. The predicted octanol–water partition coefficient (Wildman–Crippen LogP) is 1.39. The van der Waals surface area contributed by atoms with E-state index in [0.717, 1.165) is 0 Å². The molecule has 1 amide bonds. The van der Waals surface area contributed by atoms with E-state index in [0.29, 0.717) is 24.9 Å². The molecular weight excluding hydrogens is 222 g/mol. The molecule has 0 aliphatic carbocycles. The molecule has 17 heavy (non-hydrogen) atoms. The number of hydrogen-bond acceptors (Lipinski definition) is 3. The zero-order valence-corrected chi connectivity index (χ0v) is 9.54. The molecule has 0 spiro atoms. The van der Waals surface area contributed by atoms with E-state index < -0.39 is 12.0 Å². The number of carboxylic acid groups (broad SMARTS) is 1. The number of rotatable bonds is 6. The van der Waals surface area contributed by atoms with E-state index in [9.17, 15) is 9.59 Å². The highest BCUT2D eigenvalue weighted by atomic mass is 16.4. The third-order valence-corrected chi connectivity index (χ3v) is 2.39. The van der Waals surface area contributed by atoms with Gasteiger partial charge in [0.2, 0.25) is 6.41 Å². The van der Waals surface area contributed by atoms with Crippen molar-refractivity contribution in [3.63, 3.8) is 0 Å². The molecule has 1 rings (SSSR count). The van der Waals surface area contributed by atoms with Crippen LogP contribution in [0, 0.1) is 0 Å². The average molecular weight is 237 g/mol. The number of carbonyl (C=O) groups excluding carboxylic acids is 1. The molecule has 0 radical (unpaired) electrons. The number of carboxylic acids is 1. The number of amides is 1. The molecule has 0 saturated carbocycles. The number of carbonyl (C=O) groups is 2. The van der Waals surface area contributed by atoms with Crippen LogP contribution in [-0.4, -0.2) is 34.0 Å². The van der Waals surface area contributed by atoms with Gasteiger partial charge in [-0.3, -0.25) is 4.79 Å². The summed E-state index contributed by atoms with van der Waals surface area (Å²) < 4.78 is 0. The summed E-state index contributed by atoms with van der Waals surface area (Å²) in [4.78, 5) is 23.3. The summed E-state index contributed by atoms with van der Waals surface area (Å²) in [5, 5.41) is 18.3. The molecule has 0 aliphatic rings. The Labute approximate surface area is 99.3 Å². The van der Waals surface area contributed by atoms with Gasteiger partial charge in [-0.2, -0.15) is 0 Å². The van der Waals surface area contributed by atoms with E-state index in [1.54, 1.807) is 0 Å². The van der Waals surface area contributed by atoms with Crippen LogP contribution in [0.4, 0.5) is 0 Å². The molecule has 0 saturated heterocycles. The smallest absolute Gasteiger partial charge is 0.331 e. The van der Waals surface area contributed by atoms with Crippen molar-refractivity contribution in [1.82, 2.24) is 4.90 Å². The lowest BCUT2D eigenvalue weighted by Crippen LogP contribution is -2.33. The van der Waals surface area contributed by atoms with Gasteiger partial charge in [-0.05, 0) is 24.1 Å². The van der Waals surface area contributed by atoms with Crippen LogP contribution in [-0.2, 0) is 9.59 Å². The van der Waals surface area contributed by atoms with Crippen molar-refractivity contribution in [2.24, 2.45) is 0 Å². The van der Waals surface area contributed by atoms with Crippen LogP contribution < -0.4 is 0 Å². The van der Waals surface area contributed by atoms with Gasteiger partial charge in [-0.15, -0.1) is 0 Å². The van der Waals surface area contributed by atoms with Crippen molar-refractivity contribution in [2.75, 3.05) is 6.54 Å². The first kappa shape index (κ1) is 13.0. The maximum absolute atomic E-state index is 11.2. The molecule has 0 fully saturated rings. The predicted molar refractivity (Wildman–Crippen MR) is 61.5 cm³/mol. The Morgan fingerprint density at radius 3 is 2.41 bits per heavy atom. The van der Waals surface area contributed by atoms with E-state index in [2.05, 4.69) is 0 Å². The maximum atomic E-state index is 11.2. The first-order valence-corrected chi connectivity index (χ1v) is 5.33. The SMILES string of the molecule is CCCN(C=O)C(C(=O)O)c1ccc(O)cc1. The van der Waals surface area contributed by atoms with Crippen molar-refractivity contribution in [1.29, 1.82) is 0 Å². The van der Waals surface area contributed by atoms with Crippen LogP contribution >= 0.6 is 0 Å². The van der Waals surface area contributed by atoms with Gasteiger partial charge in [0.05, 0.1) is 0 Å². The summed E-state index contributed by atoms with van der Waals surface area (Å²) in [6, 6.07) is 4.80. The Bertz CT molecular complexity index is 388. The Morgan fingerprint density at radius 1 is 1.41 bits per heavy atom. The third-order valence-electron chi connectivity index (χ3n) is 2.39. The Kier molecular flexibility index (Phi) is 4.51. The van der Waals surface area contributed by atoms with Gasteiger partial charge < -0.3 is 15.1 Å². The second kappa shape index (κ2) is 5.89. The zero-order valence-electron chi connectivity index (χ0n) is 9.54. The average Bonchev–Trinajstić information content (AvgIpc) is 2.30. The summed E-state index contributed by atoms with van der Waals surface area (Å²) in [6.45, 7) is 2.24. The monoisotopic (exact) mass is 237 g/mol. The minimum atomic E-state index is -1.09. The minimum Gasteiger partial charge on any atom is -0.508 e. The van der Waals surface area contributed by atoms with Crippen LogP contribution in [0.15, 0.2) is 24.3 Å². The van der Waals surface area contributed by atoms with E-state index >= 15 is 0 Å². The fourth-order valence-electron chi connectivity index (χ4n) is 1.63. The van der Waals surface area contributed by atoms with Crippen molar-refractivity contribution >= 4 is 12.4 Å². The molecule has 92 valence electrons. The van der Waals surface area contributed by atoms with Gasteiger partial charge in [-0.25, -0.2) is 4.79 Å². The Hall–Kier alpha value is -2.04. The standard InChI is InChI=1S/C12H15NO4/c1-2-7-13(8-14)11(12(16)17)9-3-5-10(15)6-4-9/h3-6,8,11,15H,2,7H2,1H3,(H,16,17). The Balaban J connectivity index is 3.03. The van der Waals surface area contributed by atoms with Gasteiger partial charge in [0.15, 0.2) is 6.04 Å². The largest absolute Gasteiger partial charge is 0.508 e. The quantitative estimate of drug-likeness (QED) is 0.733. The summed E-state index contributed by atoms with van der Waals surface area (Å²) in [5.41, 5.74) is 0.468. The van der Waals surface area contributed by atoms with E-state index in [1.807, 2.05) is 6.92 Å². The molecule has 1 aromatic rings. The summed E-state index contributed by atoms with van der Waals surface area (Å²) in [5.74, 6) is -1.03. The molecule has 5 heteroatoms. The van der Waals surface area contributed by atoms with Crippen LogP contribution in [0.1, 0.15) is 24.9 Å². The number of aromatic hydroxyl groups is 1. The molecule has 1 unspecified atom stereocenters. The molecule has 2 N–H and O–H groups in total. The van der Waals surface area contributed by atoms with E-state index in [-0.39, 0.29) is 5.75 Å². The lowest BCUT2D eigenvalue weighted by molar-refractivity contribution is -0.146. The van der Waals surface area contributed by atoms with Crippen molar-refractivity contribution in [3.8, 4) is 5.75 Å². The molecule has 0 bridgehead atoms. The number of hydrogen-bond donors (Lipinski definition) is 2. The lowest BCUT2D eigenvalue weighted by atomic mass is 10.1. The van der Waals surface area contributed by atoms with E-state index in [1.165, 1.54) is 29.2 Å². The second-order valence-corrected chi connectivity index (χ2v) is 3.68. The van der Waals surface area contributed by atoms with Gasteiger partial charge >= 0.3 is 5.97 Å².